The predicted molar refractivity (Wildman–Crippen MR) is 83.1 cm³/mol. The van der Waals surface area contributed by atoms with Crippen LogP contribution in [-0.4, -0.2) is 22.7 Å². The van der Waals surface area contributed by atoms with Gasteiger partial charge in [0.25, 0.3) is 0 Å². The van der Waals surface area contributed by atoms with Gasteiger partial charge in [-0.25, -0.2) is 0 Å². The van der Waals surface area contributed by atoms with Gasteiger partial charge in [0.15, 0.2) is 11.4 Å². The molecule has 0 aliphatic heterocycles. The lowest BCUT2D eigenvalue weighted by Crippen LogP contribution is -2.57. The Kier molecular flexibility index (Phi) is 3.39. The van der Waals surface area contributed by atoms with E-state index in [9.17, 15) is 23.1 Å². The fourth-order valence-electron chi connectivity index (χ4n) is 6.01. The number of hydrogen-bond acceptors (Lipinski definition) is 2. The Balaban J connectivity index is 1.74. The number of alkyl halides is 3. The van der Waals surface area contributed by atoms with Crippen molar-refractivity contribution in [1.82, 2.24) is 0 Å². The molecule has 2 nitrogen and oxygen atoms in total. The standard InChI is InChI=1S/C19H23F3O2/c1-17-8-6-14-13-5-3-12(23)10-11(13)2-4-15(14)16(17)7-9-18(17,24)19(20,21)22/h10,15-16,24H,2-9H2,1H3/t15-,16+,17+,18+/m1/s1. The zero-order chi connectivity index (χ0) is 17.3. The summed E-state index contributed by atoms with van der Waals surface area (Å²) >= 11 is 0. The first-order valence-corrected chi connectivity index (χ1v) is 8.92. The molecule has 24 heavy (non-hydrogen) atoms. The van der Waals surface area contributed by atoms with Crippen LogP contribution in [-0.2, 0) is 4.79 Å². The molecule has 0 amide bonds. The van der Waals surface area contributed by atoms with Gasteiger partial charge in [-0.15, -0.1) is 0 Å². The van der Waals surface area contributed by atoms with Crippen LogP contribution in [0.1, 0.15) is 58.3 Å². The predicted octanol–water partition coefficient (Wildman–Crippen LogP) is 4.49. The Bertz CT molecular complexity index is 660. The van der Waals surface area contributed by atoms with E-state index in [2.05, 4.69) is 0 Å². The van der Waals surface area contributed by atoms with Crippen molar-refractivity contribution in [3.05, 3.63) is 22.8 Å². The molecule has 4 atom stereocenters. The molecule has 0 unspecified atom stereocenters. The van der Waals surface area contributed by atoms with Crippen LogP contribution in [0.15, 0.2) is 22.8 Å². The van der Waals surface area contributed by atoms with Gasteiger partial charge in [0.05, 0.1) is 0 Å². The average molecular weight is 340 g/mol. The van der Waals surface area contributed by atoms with E-state index in [-0.39, 0.29) is 24.0 Å². The second-order valence-electron chi connectivity index (χ2n) is 8.21. The maximum absolute atomic E-state index is 13.6. The van der Waals surface area contributed by atoms with Crippen LogP contribution in [0.4, 0.5) is 13.2 Å². The first-order chi connectivity index (χ1) is 11.2. The zero-order valence-corrected chi connectivity index (χ0v) is 13.9. The second kappa shape index (κ2) is 4.96. The van der Waals surface area contributed by atoms with E-state index in [1.807, 2.05) is 0 Å². The Morgan fingerprint density at radius 2 is 1.88 bits per heavy atom. The molecule has 5 heteroatoms. The summed E-state index contributed by atoms with van der Waals surface area (Å²) in [5.74, 6) is 0.195. The van der Waals surface area contributed by atoms with E-state index in [1.54, 1.807) is 13.0 Å². The van der Waals surface area contributed by atoms with Gasteiger partial charge in [0.2, 0.25) is 0 Å². The number of ketones is 1. The molecule has 1 N–H and O–H groups in total. The van der Waals surface area contributed by atoms with Gasteiger partial charge in [0.1, 0.15) is 0 Å². The molecular weight excluding hydrogens is 317 g/mol. The molecule has 0 saturated heterocycles. The molecule has 0 aromatic heterocycles. The lowest BCUT2D eigenvalue weighted by Gasteiger charge is -2.52. The summed E-state index contributed by atoms with van der Waals surface area (Å²) in [5.41, 5.74) is -0.00000656. The fourth-order valence-corrected chi connectivity index (χ4v) is 6.01. The van der Waals surface area contributed by atoms with Crippen molar-refractivity contribution in [2.75, 3.05) is 0 Å². The quantitative estimate of drug-likeness (QED) is 0.706. The maximum atomic E-state index is 13.6. The number of rotatable bonds is 0. The van der Waals surface area contributed by atoms with Gasteiger partial charge in [-0.1, -0.05) is 12.5 Å². The van der Waals surface area contributed by atoms with Crippen LogP contribution in [0.5, 0.6) is 0 Å². The number of fused-ring (bicyclic) bond motifs is 4. The van der Waals surface area contributed by atoms with Crippen molar-refractivity contribution in [2.24, 2.45) is 17.3 Å². The molecular formula is C19H23F3O2. The third-order valence-corrected chi connectivity index (χ3v) is 7.35. The van der Waals surface area contributed by atoms with Crippen molar-refractivity contribution >= 4 is 5.78 Å². The molecule has 0 aromatic rings. The summed E-state index contributed by atoms with van der Waals surface area (Å²) < 4.78 is 40.8. The van der Waals surface area contributed by atoms with Crippen molar-refractivity contribution in [3.63, 3.8) is 0 Å². The van der Waals surface area contributed by atoms with E-state index in [0.29, 0.717) is 25.7 Å². The van der Waals surface area contributed by atoms with E-state index >= 15 is 0 Å². The maximum Gasteiger partial charge on any atom is 0.417 e. The number of allylic oxidation sites excluding steroid dienone is 4. The van der Waals surface area contributed by atoms with E-state index < -0.39 is 17.2 Å². The van der Waals surface area contributed by atoms with Gasteiger partial charge in [0, 0.05) is 11.8 Å². The summed E-state index contributed by atoms with van der Waals surface area (Å²) in [7, 11) is 0. The van der Waals surface area contributed by atoms with Gasteiger partial charge in [-0.3, -0.25) is 4.79 Å². The lowest BCUT2D eigenvalue weighted by atomic mass is 9.55. The minimum atomic E-state index is -4.57. The SMILES string of the molecule is C[C@]12CCC3=C4CCC(=O)C=C4CC[C@H]3[C@@H]1CC[C@@]2(O)C(F)(F)F. The summed E-state index contributed by atoms with van der Waals surface area (Å²) in [4.78, 5) is 11.7. The number of hydrogen-bond donors (Lipinski definition) is 1. The molecule has 4 aliphatic rings. The molecule has 2 fully saturated rings. The zero-order valence-electron chi connectivity index (χ0n) is 13.9. The van der Waals surface area contributed by atoms with Crippen LogP contribution < -0.4 is 0 Å². The second-order valence-corrected chi connectivity index (χ2v) is 8.21. The van der Waals surface area contributed by atoms with Gasteiger partial charge < -0.3 is 5.11 Å². The Morgan fingerprint density at radius 1 is 1.12 bits per heavy atom. The number of carbonyl (C=O) groups excluding carboxylic acids is 1. The summed E-state index contributed by atoms with van der Waals surface area (Å²) in [5, 5.41) is 10.5. The highest BCUT2D eigenvalue weighted by molar-refractivity contribution is 5.93. The Labute approximate surface area is 139 Å². The van der Waals surface area contributed by atoms with Crippen LogP contribution in [0.25, 0.3) is 0 Å². The molecule has 4 rings (SSSR count). The molecule has 0 radical (unpaired) electrons. The number of carbonyl (C=O) groups is 1. The summed E-state index contributed by atoms with van der Waals surface area (Å²) in [6.45, 7) is 1.65. The van der Waals surface area contributed by atoms with E-state index in [1.165, 1.54) is 11.1 Å². The lowest BCUT2D eigenvalue weighted by molar-refractivity contribution is -0.298. The van der Waals surface area contributed by atoms with Crippen LogP contribution in [0.3, 0.4) is 0 Å². The smallest absolute Gasteiger partial charge is 0.380 e. The largest absolute Gasteiger partial charge is 0.417 e. The van der Waals surface area contributed by atoms with Gasteiger partial charge in [-0.2, -0.15) is 13.2 Å². The van der Waals surface area contributed by atoms with Crippen molar-refractivity contribution in [2.45, 2.75) is 70.1 Å². The summed E-state index contributed by atoms with van der Waals surface area (Å²) in [6.07, 6.45) is 1.28. The van der Waals surface area contributed by atoms with Gasteiger partial charge in [-0.05, 0) is 74.0 Å². The van der Waals surface area contributed by atoms with Gasteiger partial charge >= 0.3 is 6.18 Å². The van der Waals surface area contributed by atoms with Crippen LogP contribution in [0, 0.1) is 17.3 Å². The Hall–Kier alpha value is -1.10. The highest BCUT2D eigenvalue weighted by Gasteiger charge is 2.71. The molecule has 0 heterocycles. The van der Waals surface area contributed by atoms with Crippen molar-refractivity contribution in [1.29, 1.82) is 0 Å². The molecule has 0 aromatic carbocycles. The number of halogens is 3. The molecule has 0 spiro atoms. The molecule has 0 bridgehead atoms. The van der Waals surface area contributed by atoms with Crippen LogP contribution >= 0.6 is 0 Å². The van der Waals surface area contributed by atoms with Crippen molar-refractivity contribution in [3.8, 4) is 0 Å². The summed E-state index contributed by atoms with van der Waals surface area (Å²) in [6, 6.07) is 0. The number of aliphatic hydroxyl groups is 1. The van der Waals surface area contributed by atoms with E-state index in [4.69, 9.17) is 0 Å². The topological polar surface area (TPSA) is 37.3 Å². The molecule has 2 saturated carbocycles. The molecule has 132 valence electrons. The minimum Gasteiger partial charge on any atom is -0.380 e. The first-order valence-electron chi connectivity index (χ1n) is 8.92. The highest BCUT2D eigenvalue weighted by Crippen LogP contribution is 2.66. The van der Waals surface area contributed by atoms with Crippen LogP contribution in [0.2, 0.25) is 0 Å². The van der Waals surface area contributed by atoms with Crippen molar-refractivity contribution < 1.29 is 23.1 Å². The average Bonchev–Trinajstić information content (AvgIpc) is 2.79. The molecule has 4 aliphatic carbocycles. The third-order valence-electron chi connectivity index (χ3n) is 7.35. The monoisotopic (exact) mass is 340 g/mol. The minimum absolute atomic E-state index is 0.112. The normalized spacial score (nSPS) is 42.4. The third kappa shape index (κ3) is 1.97. The fraction of sp³-hybridized carbons (Fsp3) is 0.737. The van der Waals surface area contributed by atoms with E-state index in [0.717, 1.165) is 24.8 Å². The first kappa shape index (κ1) is 16.4. The Morgan fingerprint density at radius 3 is 2.58 bits per heavy atom. The highest BCUT2D eigenvalue weighted by atomic mass is 19.4.